The normalized spacial score (nSPS) is 18.6. The lowest BCUT2D eigenvalue weighted by Crippen LogP contribution is -2.40. The van der Waals surface area contributed by atoms with Crippen molar-refractivity contribution in [3.8, 4) is 0 Å². The van der Waals surface area contributed by atoms with E-state index in [1.165, 1.54) is 0 Å². The first-order chi connectivity index (χ1) is 6.29. The summed E-state index contributed by atoms with van der Waals surface area (Å²) in [6, 6.07) is 0. The van der Waals surface area contributed by atoms with Gasteiger partial charge in [0.2, 0.25) is 5.91 Å². The summed E-state index contributed by atoms with van der Waals surface area (Å²) in [4.78, 5) is 11.4. The SMILES string of the molecule is CCCN1CCC(=O)N1CCCO. The van der Waals surface area contributed by atoms with Crippen LogP contribution in [0.2, 0.25) is 0 Å². The Morgan fingerprint density at radius 2 is 2.23 bits per heavy atom. The van der Waals surface area contributed by atoms with E-state index in [4.69, 9.17) is 5.11 Å². The van der Waals surface area contributed by atoms with Crippen molar-refractivity contribution >= 4 is 5.91 Å². The highest BCUT2D eigenvalue weighted by Gasteiger charge is 2.27. The van der Waals surface area contributed by atoms with Crippen LogP contribution in [0.3, 0.4) is 0 Å². The second-order valence-corrected chi connectivity index (χ2v) is 3.30. The highest BCUT2D eigenvalue weighted by molar-refractivity contribution is 5.77. The monoisotopic (exact) mass is 186 g/mol. The molecule has 0 aliphatic carbocycles. The molecular formula is C9H18N2O2. The summed E-state index contributed by atoms with van der Waals surface area (Å²) in [7, 11) is 0. The summed E-state index contributed by atoms with van der Waals surface area (Å²) in [5, 5.41) is 12.5. The van der Waals surface area contributed by atoms with Crippen LogP contribution < -0.4 is 0 Å². The van der Waals surface area contributed by atoms with Crippen LogP contribution in [-0.4, -0.2) is 47.3 Å². The Morgan fingerprint density at radius 3 is 2.85 bits per heavy atom. The van der Waals surface area contributed by atoms with Crippen LogP contribution in [0.4, 0.5) is 0 Å². The van der Waals surface area contributed by atoms with E-state index in [9.17, 15) is 4.79 Å². The predicted octanol–water partition coefficient (Wildman–Crippen LogP) is 0.228. The van der Waals surface area contributed by atoms with E-state index in [0.717, 1.165) is 19.5 Å². The molecule has 1 fully saturated rings. The standard InChI is InChI=1S/C9H18N2O2/c1-2-5-10-7-4-9(13)11(10)6-3-8-12/h12H,2-8H2,1H3. The Bertz CT molecular complexity index is 173. The van der Waals surface area contributed by atoms with Crippen molar-refractivity contribution in [2.75, 3.05) is 26.2 Å². The summed E-state index contributed by atoms with van der Waals surface area (Å²) in [5.41, 5.74) is 0. The average Bonchev–Trinajstić information content (AvgIpc) is 2.45. The van der Waals surface area contributed by atoms with Gasteiger partial charge in [0.15, 0.2) is 0 Å². The van der Waals surface area contributed by atoms with Gasteiger partial charge in [-0.25, -0.2) is 5.01 Å². The van der Waals surface area contributed by atoms with Gasteiger partial charge in [0.25, 0.3) is 0 Å². The first-order valence-corrected chi connectivity index (χ1v) is 4.95. The molecule has 1 N–H and O–H groups in total. The van der Waals surface area contributed by atoms with Crippen LogP contribution in [-0.2, 0) is 4.79 Å². The van der Waals surface area contributed by atoms with Crippen LogP contribution in [0.25, 0.3) is 0 Å². The topological polar surface area (TPSA) is 43.8 Å². The van der Waals surface area contributed by atoms with Crippen molar-refractivity contribution in [2.24, 2.45) is 0 Å². The van der Waals surface area contributed by atoms with Gasteiger partial charge in [-0.2, -0.15) is 0 Å². The van der Waals surface area contributed by atoms with Gasteiger partial charge in [-0.3, -0.25) is 9.80 Å². The van der Waals surface area contributed by atoms with E-state index in [2.05, 4.69) is 11.9 Å². The fourth-order valence-electron chi connectivity index (χ4n) is 1.61. The van der Waals surface area contributed by atoms with Crippen LogP contribution in [0.1, 0.15) is 26.2 Å². The molecule has 13 heavy (non-hydrogen) atoms. The molecule has 1 aliphatic rings. The summed E-state index contributed by atoms with van der Waals surface area (Å²) in [5.74, 6) is 0.196. The fraction of sp³-hybridized carbons (Fsp3) is 0.889. The van der Waals surface area contributed by atoms with E-state index < -0.39 is 0 Å². The predicted molar refractivity (Wildman–Crippen MR) is 49.9 cm³/mol. The zero-order valence-electron chi connectivity index (χ0n) is 8.20. The number of aliphatic hydroxyl groups excluding tert-OH is 1. The van der Waals surface area contributed by atoms with E-state index in [0.29, 0.717) is 19.4 Å². The average molecular weight is 186 g/mol. The highest BCUT2D eigenvalue weighted by Crippen LogP contribution is 2.12. The number of nitrogens with zero attached hydrogens (tertiary/aromatic N) is 2. The second-order valence-electron chi connectivity index (χ2n) is 3.30. The number of hydrazine groups is 1. The minimum atomic E-state index is 0.156. The van der Waals surface area contributed by atoms with Crippen molar-refractivity contribution in [3.63, 3.8) is 0 Å². The minimum Gasteiger partial charge on any atom is -0.396 e. The Labute approximate surface area is 79.1 Å². The first kappa shape index (κ1) is 10.5. The lowest BCUT2D eigenvalue weighted by atomic mass is 10.4. The van der Waals surface area contributed by atoms with E-state index in [-0.39, 0.29) is 12.5 Å². The molecule has 4 heteroatoms. The number of carbonyl (C=O) groups is 1. The smallest absolute Gasteiger partial charge is 0.238 e. The Hall–Kier alpha value is -0.610. The molecule has 0 aromatic carbocycles. The van der Waals surface area contributed by atoms with Crippen molar-refractivity contribution in [2.45, 2.75) is 26.2 Å². The number of rotatable bonds is 5. The number of amides is 1. The molecule has 0 bridgehead atoms. The van der Waals surface area contributed by atoms with Gasteiger partial charge in [0, 0.05) is 32.7 Å². The molecule has 0 atom stereocenters. The highest BCUT2D eigenvalue weighted by atomic mass is 16.3. The lowest BCUT2D eigenvalue weighted by Gasteiger charge is -2.27. The second kappa shape index (κ2) is 5.19. The molecule has 0 aromatic rings. The van der Waals surface area contributed by atoms with Gasteiger partial charge in [0.1, 0.15) is 0 Å². The first-order valence-electron chi connectivity index (χ1n) is 4.95. The quantitative estimate of drug-likeness (QED) is 0.668. The lowest BCUT2D eigenvalue weighted by molar-refractivity contribution is -0.138. The molecule has 1 aliphatic heterocycles. The van der Waals surface area contributed by atoms with Gasteiger partial charge >= 0.3 is 0 Å². The van der Waals surface area contributed by atoms with E-state index in [1.54, 1.807) is 5.01 Å². The molecule has 0 saturated carbocycles. The maximum absolute atomic E-state index is 11.4. The van der Waals surface area contributed by atoms with E-state index >= 15 is 0 Å². The number of hydrogen-bond donors (Lipinski definition) is 1. The van der Waals surface area contributed by atoms with Gasteiger partial charge < -0.3 is 5.11 Å². The maximum Gasteiger partial charge on any atom is 0.238 e. The van der Waals surface area contributed by atoms with Crippen LogP contribution in [0, 0.1) is 0 Å². The van der Waals surface area contributed by atoms with Crippen molar-refractivity contribution in [1.82, 2.24) is 10.0 Å². The summed E-state index contributed by atoms with van der Waals surface area (Å²) < 4.78 is 0. The molecule has 1 saturated heterocycles. The van der Waals surface area contributed by atoms with Gasteiger partial charge in [-0.1, -0.05) is 6.92 Å². The molecule has 0 aromatic heterocycles. The number of hydrogen-bond acceptors (Lipinski definition) is 3. The molecule has 4 nitrogen and oxygen atoms in total. The summed E-state index contributed by atoms with van der Waals surface area (Å²) in [6.07, 6.45) is 2.36. The molecule has 0 unspecified atom stereocenters. The van der Waals surface area contributed by atoms with Crippen LogP contribution >= 0.6 is 0 Å². The molecule has 1 heterocycles. The fourth-order valence-corrected chi connectivity index (χ4v) is 1.61. The molecule has 1 amide bonds. The molecular weight excluding hydrogens is 168 g/mol. The Morgan fingerprint density at radius 1 is 1.46 bits per heavy atom. The zero-order chi connectivity index (χ0) is 9.68. The third kappa shape index (κ3) is 2.67. The number of carbonyl (C=O) groups excluding carboxylic acids is 1. The zero-order valence-corrected chi connectivity index (χ0v) is 8.20. The Kier molecular flexibility index (Phi) is 4.18. The van der Waals surface area contributed by atoms with E-state index in [1.807, 2.05) is 0 Å². The number of aliphatic hydroxyl groups is 1. The van der Waals surface area contributed by atoms with Crippen LogP contribution in [0.5, 0.6) is 0 Å². The molecule has 0 radical (unpaired) electrons. The molecule has 76 valence electrons. The third-order valence-electron chi connectivity index (χ3n) is 2.22. The molecule has 0 spiro atoms. The largest absolute Gasteiger partial charge is 0.396 e. The van der Waals surface area contributed by atoms with Crippen molar-refractivity contribution in [3.05, 3.63) is 0 Å². The maximum atomic E-state index is 11.4. The van der Waals surface area contributed by atoms with Gasteiger partial charge in [-0.05, 0) is 12.8 Å². The minimum absolute atomic E-state index is 0.156. The molecule has 1 rings (SSSR count). The van der Waals surface area contributed by atoms with Crippen molar-refractivity contribution < 1.29 is 9.90 Å². The van der Waals surface area contributed by atoms with Gasteiger partial charge in [0.05, 0.1) is 0 Å². The summed E-state index contributed by atoms with van der Waals surface area (Å²) >= 11 is 0. The van der Waals surface area contributed by atoms with Crippen LogP contribution in [0.15, 0.2) is 0 Å². The third-order valence-corrected chi connectivity index (χ3v) is 2.22. The van der Waals surface area contributed by atoms with Gasteiger partial charge in [-0.15, -0.1) is 0 Å². The summed E-state index contributed by atoms with van der Waals surface area (Å²) in [6.45, 7) is 4.71. The van der Waals surface area contributed by atoms with Crippen molar-refractivity contribution in [1.29, 1.82) is 0 Å². The Balaban J connectivity index is 2.40.